The standard InChI is InChI=1S/C18H20FN3/c1-20-18(21-12-10-14-6-8-16(19)9-7-14)22-13-11-15-4-2-3-5-17(15)22/h2-9H,10-13H2,1H3,(H,20,21). The topological polar surface area (TPSA) is 27.6 Å². The van der Waals surface area contributed by atoms with Crippen LogP contribution in [0.15, 0.2) is 53.5 Å². The van der Waals surface area contributed by atoms with Gasteiger partial charge in [0.2, 0.25) is 0 Å². The number of nitrogens with one attached hydrogen (secondary N) is 1. The number of rotatable bonds is 3. The predicted molar refractivity (Wildman–Crippen MR) is 89.0 cm³/mol. The first-order chi connectivity index (χ1) is 10.8. The molecule has 3 nitrogen and oxygen atoms in total. The van der Waals surface area contributed by atoms with E-state index >= 15 is 0 Å². The minimum atomic E-state index is -0.193. The molecule has 0 fully saturated rings. The van der Waals surface area contributed by atoms with E-state index in [4.69, 9.17) is 0 Å². The Bertz CT molecular complexity index is 664. The Morgan fingerprint density at radius 1 is 1.18 bits per heavy atom. The largest absolute Gasteiger partial charge is 0.356 e. The predicted octanol–water partition coefficient (Wildman–Crippen LogP) is 3.01. The zero-order valence-corrected chi connectivity index (χ0v) is 12.7. The van der Waals surface area contributed by atoms with Gasteiger partial charge in [-0.05, 0) is 42.2 Å². The van der Waals surface area contributed by atoms with Crippen LogP contribution in [0.1, 0.15) is 11.1 Å². The second kappa shape index (κ2) is 6.60. The molecule has 0 saturated heterocycles. The third kappa shape index (κ3) is 3.11. The summed E-state index contributed by atoms with van der Waals surface area (Å²) in [5, 5.41) is 3.40. The highest BCUT2D eigenvalue weighted by atomic mass is 19.1. The van der Waals surface area contributed by atoms with Crippen molar-refractivity contribution in [2.75, 3.05) is 25.0 Å². The maximum absolute atomic E-state index is 12.9. The van der Waals surface area contributed by atoms with Gasteiger partial charge in [-0.1, -0.05) is 30.3 Å². The number of halogens is 1. The fourth-order valence-electron chi connectivity index (χ4n) is 2.82. The smallest absolute Gasteiger partial charge is 0.198 e. The van der Waals surface area contributed by atoms with E-state index in [0.29, 0.717) is 0 Å². The number of hydrogen-bond acceptors (Lipinski definition) is 1. The Balaban J connectivity index is 1.61. The average molecular weight is 297 g/mol. The molecule has 0 atom stereocenters. The summed E-state index contributed by atoms with van der Waals surface area (Å²) < 4.78 is 12.9. The van der Waals surface area contributed by atoms with Crippen molar-refractivity contribution >= 4 is 11.6 Å². The lowest BCUT2D eigenvalue weighted by Gasteiger charge is -2.22. The maximum Gasteiger partial charge on any atom is 0.198 e. The number of hydrogen-bond donors (Lipinski definition) is 1. The van der Waals surface area contributed by atoms with Crippen molar-refractivity contribution in [1.82, 2.24) is 5.32 Å². The average Bonchev–Trinajstić information content (AvgIpc) is 2.97. The molecule has 1 aliphatic rings. The van der Waals surface area contributed by atoms with E-state index in [2.05, 4.69) is 39.5 Å². The molecule has 114 valence electrons. The van der Waals surface area contributed by atoms with E-state index in [1.807, 2.05) is 12.1 Å². The zero-order valence-electron chi connectivity index (χ0n) is 12.7. The molecule has 1 heterocycles. The van der Waals surface area contributed by atoms with Crippen LogP contribution in [0.4, 0.5) is 10.1 Å². The van der Waals surface area contributed by atoms with Crippen LogP contribution < -0.4 is 10.2 Å². The zero-order chi connectivity index (χ0) is 15.4. The molecule has 2 aromatic rings. The molecule has 0 spiro atoms. The Morgan fingerprint density at radius 2 is 1.95 bits per heavy atom. The van der Waals surface area contributed by atoms with Gasteiger partial charge in [0.1, 0.15) is 5.82 Å². The number of para-hydroxylation sites is 1. The highest BCUT2D eigenvalue weighted by Crippen LogP contribution is 2.27. The van der Waals surface area contributed by atoms with Gasteiger partial charge in [-0.3, -0.25) is 4.99 Å². The molecule has 0 aliphatic carbocycles. The van der Waals surface area contributed by atoms with Gasteiger partial charge in [0.15, 0.2) is 5.96 Å². The van der Waals surface area contributed by atoms with Crippen molar-refractivity contribution in [3.8, 4) is 0 Å². The minimum absolute atomic E-state index is 0.193. The molecule has 0 bridgehead atoms. The van der Waals surface area contributed by atoms with Crippen LogP contribution in [-0.4, -0.2) is 26.1 Å². The number of guanidine groups is 1. The number of nitrogens with zero attached hydrogens (tertiary/aromatic N) is 2. The van der Waals surface area contributed by atoms with Gasteiger partial charge < -0.3 is 10.2 Å². The van der Waals surface area contributed by atoms with Gasteiger partial charge in [0.25, 0.3) is 0 Å². The lowest BCUT2D eigenvalue weighted by molar-refractivity contribution is 0.627. The Hall–Kier alpha value is -2.36. The lowest BCUT2D eigenvalue weighted by atomic mass is 10.1. The van der Waals surface area contributed by atoms with Gasteiger partial charge in [-0.25, -0.2) is 4.39 Å². The van der Waals surface area contributed by atoms with E-state index in [1.54, 1.807) is 7.05 Å². The van der Waals surface area contributed by atoms with Crippen molar-refractivity contribution < 1.29 is 4.39 Å². The van der Waals surface area contributed by atoms with Crippen molar-refractivity contribution in [3.63, 3.8) is 0 Å². The van der Waals surface area contributed by atoms with Crippen molar-refractivity contribution in [2.24, 2.45) is 4.99 Å². The molecular weight excluding hydrogens is 277 g/mol. The summed E-state index contributed by atoms with van der Waals surface area (Å²) in [6.45, 7) is 1.73. The summed E-state index contributed by atoms with van der Waals surface area (Å²) in [6.07, 6.45) is 1.89. The Kier molecular flexibility index (Phi) is 4.37. The normalized spacial score (nSPS) is 14.1. The van der Waals surface area contributed by atoms with Crippen LogP contribution in [0.5, 0.6) is 0 Å². The molecular formula is C18H20FN3. The molecule has 0 amide bonds. The lowest BCUT2D eigenvalue weighted by Crippen LogP contribution is -2.41. The van der Waals surface area contributed by atoms with E-state index in [9.17, 15) is 4.39 Å². The van der Waals surface area contributed by atoms with Crippen LogP contribution >= 0.6 is 0 Å². The quantitative estimate of drug-likeness (QED) is 0.696. The highest BCUT2D eigenvalue weighted by Gasteiger charge is 2.21. The second-order valence-electron chi connectivity index (χ2n) is 5.38. The number of aliphatic imine (C=N–C) groups is 1. The first kappa shape index (κ1) is 14.6. The van der Waals surface area contributed by atoms with Crippen LogP contribution in [0, 0.1) is 5.82 Å². The third-order valence-electron chi connectivity index (χ3n) is 3.96. The molecule has 0 aromatic heterocycles. The van der Waals surface area contributed by atoms with E-state index in [1.165, 1.54) is 23.4 Å². The Morgan fingerprint density at radius 3 is 2.73 bits per heavy atom. The number of anilines is 1. The van der Waals surface area contributed by atoms with Gasteiger partial charge in [0.05, 0.1) is 0 Å². The Labute approximate surface area is 130 Å². The SMILES string of the molecule is CN=C(NCCc1ccc(F)cc1)N1CCc2ccccc21. The molecule has 1 N–H and O–H groups in total. The van der Waals surface area contributed by atoms with E-state index in [-0.39, 0.29) is 5.82 Å². The van der Waals surface area contributed by atoms with Crippen LogP contribution in [0.25, 0.3) is 0 Å². The van der Waals surface area contributed by atoms with Gasteiger partial charge in [-0.2, -0.15) is 0 Å². The first-order valence-corrected chi connectivity index (χ1v) is 7.58. The number of fused-ring (bicyclic) bond motifs is 1. The highest BCUT2D eigenvalue weighted by molar-refractivity contribution is 5.97. The monoisotopic (exact) mass is 297 g/mol. The van der Waals surface area contributed by atoms with E-state index < -0.39 is 0 Å². The molecule has 0 unspecified atom stereocenters. The molecule has 3 rings (SSSR count). The summed E-state index contributed by atoms with van der Waals surface area (Å²) in [5.74, 6) is 0.702. The van der Waals surface area contributed by atoms with E-state index in [0.717, 1.165) is 37.5 Å². The van der Waals surface area contributed by atoms with Crippen molar-refractivity contribution in [2.45, 2.75) is 12.8 Å². The van der Waals surface area contributed by atoms with Crippen LogP contribution in [0.3, 0.4) is 0 Å². The second-order valence-corrected chi connectivity index (χ2v) is 5.38. The summed E-state index contributed by atoms with van der Waals surface area (Å²) >= 11 is 0. The van der Waals surface area contributed by atoms with Gasteiger partial charge >= 0.3 is 0 Å². The van der Waals surface area contributed by atoms with Crippen LogP contribution in [-0.2, 0) is 12.8 Å². The summed E-state index contributed by atoms with van der Waals surface area (Å²) in [7, 11) is 1.81. The molecule has 0 saturated carbocycles. The first-order valence-electron chi connectivity index (χ1n) is 7.58. The number of benzene rings is 2. The molecule has 0 radical (unpaired) electrons. The van der Waals surface area contributed by atoms with Crippen molar-refractivity contribution in [1.29, 1.82) is 0 Å². The maximum atomic E-state index is 12.9. The molecule has 1 aliphatic heterocycles. The molecule has 4 heteroatoms. The fourth-order valence-corrected chi connectivity index (χ4v) is 2.82. The third-order valence-corrected chi connectivity index (χ3v) is 3.96. The van der Waals surface area contributed by atoms with Crippen LogP contribution in [0.2, 0.25) is 0 Å². The molecule has 2 aromatic carbocycles. The van der Waals surface area contributed by atoms with Crippen molar-refractivity contribution in [3.05, 3.63) is 65.5 Å². The summed E-state index contributed by atoms with van der Waals surface area (Å²) in [4.78, 5) is 6.61. The van der Waals surface area contributed by atoms with Gasteiger partial charge in [-0.15, -0.1) is 0 Å². The summed E-state index contributed by atoms with van der Waals surface area (Å²) in [5.41, 5.74) is 3.72. The minimum Gasteiger partial charge on any atom is -0.356 e. The fraction of sp³-hybridized carbons (Fsp3) is 0.278. The summed E-state index contributed by atoms with van der Waals surface area (Å²) in [6, 6.07) is 15.1. The van der Waals surface area contributed by atoms with Gasteiger partial charge in [0, 0.05) is 25.8 Å². The molecule has 22 heavy (non-hydrogen) atoms.